The third-order valence-electron chi connectivity index (χ3n) is 2.26. The third kappa shape index (κ3) is 4.76. The van der Waals surface area contributed by atoms with Gasteiger partial charge in [0.15, 0.2) is 0 Å². The molecular formula is C12H17ClN2O2S. The Morgan fingerprint density at radius 3 is 2.94 bits per heavy atom. The molecule has 1 aromatic rings. The molecule has 1 aromatic carbocycles. The van der Waals surface area contributed by atoms with Crippen molar-refractivity contribution >= 4 is 35.0 Å². The highest BCUT2D eigenvalue weighted by Crippen LogP contribution is 2.28. The van der Waals surface area contributed by atoms with Crippen molar-refractivity contribution in [2.24, 2.45) is 0 Å². The first-order valence-corrected chi connectivity index (χ1v) is 6.78. The van der Waals surface area contributed by atoms with Crippen molar-refractivity contribution in [3.05, 3.63) is 23.2 Å². The van der Waals surface area contributed by atoms with E-state index in [0.29, 0.717) is 23.9 Å². The van der Waals surface area contributed by atoms with Crippen molar-refractivity contribution in [2.45, 2.75) is 17.1 Å². The molecule has 0 radical (unpaired) electrons. The summed E-state index contributed by atoms with van der Waals surface area (Å²) in [5.74, 6) is -0.0232. The van der Waals surface area contributed by atoms with E-state index in [-0.39, 0.29) is 11.2 Å². The summed E-state index contributed by atoms with van der Waals surface area (Å²) < 4.78 is 4.87. The summed E-state index contributed by atoms with van der Waals surface area (Å²) in [5, 5.41) is 3.10. The molecule has 0 aromatic heterocycles. The monoisotopic (exact) mass is 288 g/mol. The van der Waals surface area contributed by atoms with E-state index in [1.54, 1.807) is 19.2 Å². The molecule has 4 nitrogen and oxygen atoms in total. The molecule has 1 unspecified atom stereocenters. The summed E-state index contributed by atoms with van der Waals surface area (Å²) in [6.07, 6.45) is 0. The number of nitrogens with two attached hydrogens (primary N) is 1. The van der Waals surface area contributed by atoms with Gasteiger partial charge in [0.05, 0.1) is 22.6 Å². The van der Waals surface area contributed by atoms with Gasteiger partial charge in [-0.25, -0.2) is 0 Å². The van der Waals surface area contributed by atoms with E-state index in [4.69, 9.17) is 22.1 Å². The lowest BCUT2D eigenvalue weighted by atomic mass is 10.3. The van der Waals surface area contributed by atoms with Gasteiger partial charge in [-0.3, -0.25) is 4.79 Å². The SMILES string of the molecule is COCCNC(=O)C(C)Sc1ccc(N)c(Cl)c1. The molecule has 3 N–H and O–H groups in total. The van der Waals surface area contributed by atoms with Crippen LogP contribution in [-0.2, 0) is 9.53 Å². The number of halogens is 1. The molecule has 6 heteroatoms. The zero-order valence-electron chi connectivity index (χ0n) is 10.4. The predicted molar refractivity (Wildman–Crippen MR) is 76.1 cm³/mol. The van der Waals surface area contributed by atoms with Gasteiger partial charge >= 0.3 is 0 Å². The maximum absolute atomic E-state index is 11.7. The molecule has 0 saturated carbocycles. The number of methoxy groups -OCH3 is 1. The zero-order valence-corrected chi connectivity index (χ0v) is 12.0. The number of carbonyl (C=O) groups is 1. The standard InChI is InChI=1S/C12H17ClN2O2S/c1-8(12(16)15-5-6-17-2)18-9-3-4-11(14)10(13)7-9/h3-4,7-8H,5-6,14H2,1-2H3,(H,15,16). The minimum Gasteiger partial charge on any atom is -0.398 e. The Morgan fingerprint density at radius 2 is 2.33 bits per heavy atom. The van der Waals surface area contributed by atoms with Gasteiger partial charge in [-0.2, -0.15) is 0 Å². The molecule has 0 fully saturated rings. The lowest BCUT2D eigenvalue weighted by Crippen LogP contribution is -2.33. The number of thioether (sulfide) groups is 1. The number of amides is 1. The molecule has 0 aliphatic carbocycles. The normalized spacial score (nSPS) is 12.2. The second-order valence-corrected chi connectivity index (χ2v) is 5.55. The summed E-state index contributed by atoms with van der Waals surface area (Å²) in [4.78, 5) is 12.6. The number of nitrogens with one attached hydrogen (secondary N) is 1. The van der Waals surface area contributed by atoms with Crippen LogP contribution < -0.4 is 11.1 Å². The lowest BCUT2D eigenvalue weighted by Gasteiger charge is -2.12. The average molecular weight is 289 g/mol. The van der Waals surface area contributed by atoms with Crippen LogP contribution in [-0.4, -0.2) is 31.4 Å². The van der Waals surface area contributed by atoms with Crippen LogP contribution in [0.2, 0.25) is 5.02 Å². The molecular weight excluding hydrogens is 272 g/mol. The van der Waals surface area contributed by atoms with E-state index in [0.717, 1.165) is 4.90 Å². The fourth-order valence-electron chi connectivity index (χ4n) is 1.26. The minimum atomic E-state index is -0.193. The van der Waals surface area contributed by atoms with Crippen LogP contribution in [0.15, 0.2) is 23.1 Å². The topological polar surface area (TPSA) is 64.3 Å². The second kappa shape index (κ2) is 7.51. The third-order valence-corrected chi connectivity index (χ3v) is 3.68. The summed E-state index contributed by atoms with van der Waals surface area (Å²) >= 11 is 7.36. The quantitative estimate of drug-likeness (QED) is 0.478. The fraction of sp³-hybridized carbons (Fsp3) is 0.417. The summed E-state index contributed by atoms with van der Waals surface area (Å²) in [6.45, 7) is 2.87. The first-order chi connectivity index (χ1) is 8.54. The van der Waals surface area contributed by atoms with E-state index in [1.807, 2.05) is 13.0 Å². The van der Waals surface area contributed by atoms with Gasteiger partial charge in [0, 0.05) is 18.6 Å². The van der Waals surface area contributed by atoms with Crippen LogP contribution >= 0.6 is 23.4 Å². The Morgan fingerprint density at radius 1 is 1.61 bits per heavy atom. The van der Waals surface area contributed by atoms with Crippen LogP contribution in [0.1, 0.15) is 6.92 Å². The number of carbonyl (C=O) groups excluding carboxylic acids is 1. The highest BCUT2D eigenvalue weighted by atomic mass is 35.5. The van der Waals surface area contributed by atoms with Crippen LogP contribution in [0.25, 0.3) is 0 Å². The van der Waals surface area contributed by atoms with Crippen molar-refractivity contribution in [3.8, 4) is 0 Å². The molecule has 0 heterocycles. The largest absolute Gasteiger partial charge is 0.398 e. The molecule has 18 heavy (non-hydrogen) atoms. The van der Waals surface area contributed by atoms with E-state index in [2.05, 4.69) is 5.32 Å². The van der Waals surface area contributed by atoms with E-state index >= 15 is 0 Å². The molecule has 100 valence electrons. The summed E-state index contributed by atoms with van der Waals surface area (Å²) in [7, 11) is 1.60. The van der Waals surface area contributed by atoms with Crippen LogP contribution in [0.4, 0.5) is 5.69 Å². The van der Waals surface area contributed by atoms with E-state index in [9.17, 15) is 4.79 Å². The Bertz CT molecular complexity index is 415. The number of ether oxygens (including phenoxy) is 1. The number of nitrogen functional groups attached to an aromatic ring is 1. The highest BCUT2D eigenvalue weighted by Gasteiger charge is 2.14. The molecule has 0 saturated heterocycles. The fourth-order valence-corrected chi connectivity index (χ4v) is 2.44. The molecule has 1 atom stereocenters. The van der Waals surface area contributed by atoms with Crippen LogP contribution in [0.5, 0.6) is 0 Å². The molecule has 1 rings (SSSR count). The molecule has 0 aliphatic heterocycles. The van der Waals surface area contributed by atoms with Gasteiger partial charge < -0.3 is 15.8 Å². The first-order valence-electron chi connectivity index (χ1n) is 5.53. The molecule has 0 aliphatic rings. The average Bonchev–Trinajstić information content (AvgIpc) is 2.34. The summed E-state index contributed by atoms with van der Waals surface area (Å²) in [6, 6.07) is 5.35. The van der Waals surface area contributed by atoms with E-state index < -0.39 is 0 Å². The number of hydrogen-bond acceptors (Lipinski definition) is 4. The van der Waals surface area contributed by atoms with Gasteiger partial charge in [0.1, 0.15) is 0 Å². The van der Waals surface area contributed by atoms with E-state index in [1.165, 1.54) is 11.8 Å². The van der Waals surface area contributed by atoms with Gasteiger partial charge in [0.2, 0.25) is 5.91 Å². The number of anilines is 1. The Labute approximate surface area is 116 Å². The number of rotatable bonds is 6. The number of benzene rings is 1. The van der Waals surface area contributed by atoms with Gasteiger partial charge in [-0.05, 0) is 25.1 Å². The first kappa shape index (κ1) is 15.1. The Hall–Kier alpha value is -0.910. The van der Waals surface area contributed by atoms with Gasteiger partial charge in [-0.1, -0.05) is 11.6 Å². The highest BCUT2D eigenvalue weighted by molar-refractivity contribution is 8.00. The zero-order chi connectivity index (χ0) is 13.5. The second-order valence-electron chi connectivity index (χ2n) is 3.73. The van der Waals surface area contributed by atoms with Crippen molar-refractivity contribution in [1.29, 1.82) is 0 Å². The van der Waals surface area contributed by atoms with Crippen molar-refractivity contribution in [1.82, 2.24) is 5.32 Å². The maximum Gasteiger partial charge on any atom is 0.233 e. The van der Waals surface area contributed by atoms with Crippen LogP contribution in [0.3, 0.4) is 0 Å². The Kier molecular flexibility index (Phi) is 6.32. The van der Waals surface area contributed by atoms with Crippen molar-refractivity contribution in [3.63, 3.8) is 0 Å². The Balaban J connectivity index is 2.50. The molecule has 1 amide bonds. The smallest absolute Gasteiger partial charge is 0.233 e. The molecule has 0 spiro atoms. The van der Waals surface area contributed by atoms with Crippen molar-refractivity contribution in [2.75, 3.05) is 26.0 Å². The van der Waals surface area contributed by atoms with Crippen LogP contribution in [0, 0.1) is 0 Å². The minimum absolute atomic E-state index is 0.0232. The summed E-state index contributed by atoms with van der Waals surface area (Å²) in [5.41, 5.74) is 6.17. The lowest BCUT2D eigenvalue weighted by molar-refractivity contribution is -0.120. The van der Waals surface area contributed by atoms with Crippen molar-refractivity contribution < 1.29 is 9.53 Å². The van der Waals surface area contributed by atoms with Gasteiger partial charge in [-0.15, -0.1) is 11.8 Å². The molecule has 0 bridgehead atoms. The predicted octanol–water partition coefficient (Wildman–Crippen LogP) is 2.17. The maximum atomic E-state index is 11.7. The number of hydrogen-bond donors (Lipinski definition) is 2. The van der Waals surface area contributed by atoms with Gasteiger partial charge in [0.25, 0.3) is 0 Å².